The minimum absolute atomic E-state index is 0.0154. The summed E-state index contributed by atoms with van der Waals surface area (Å²) in [5.74, 6) is 0.443. The van der Waals surface area contributed by atoms with Gasteiger partial charge in [0.25, 0.3) is 0 Å². The lowest BCUT2D eigenvalue weighted by Gasteiger charge is -2.11. The highest BCUT2D eigenvalue weighted by Gasteiger charge is 2.35. The van der Waals surface area contributed by atoms with Gasteiger partial charge in [-0.15, -0.1) is 0 Å². The topological polar surface area (TPSA) is 9.23 Å². The Morgan fingerprint density at radius 2 is 2.07 bits per heavy atom. The number of rotatable bonds is 0. The van der Waals surface area contributed by atoms with E-state index in [1.807, 2.05) is 6.92 Å². The van der Waals surface area contributed by atoms with Crippen LogP contribution in [0.15, 0.2) is 12.1 Å². The van der Waals surface area contributed by atoms with E-state index in [1.165, 1.54) is 6.07 Å². The zero-order valence-corrected chi connectivity index (χ0v) is 8.62. The highest BCUT2D eigenvalue weighted by atomic mass is 35.5. The second kappa shape index (κ2) is 3.30. The maximum Gasteiger partial charge on any atom is 0.417 e. The van der Waals surface area contributed by atoms with Gasteiger partial charge >= 0.3 is 6.18 Å². The van der Waals surface area contributed by atoms with E-state index in [0.29, 0.717) is 17.9 Å². The molecule has 0 bridgehead atoms. The monoisotopic (exact) mass is 236 g/mol. The van der Waals surface area contributed by atoms with Crippen LogP contribution in [0.4, 0.5) is 13.2 Å². The van der Waals surface area contributed by atoms with Crippen molar-refractivity contribution in [2.45, 2.75) is 19.0 Å². The number of halogens is 4. The van der Waals surface area contributed by atoms with Gasteiger partial charge in [-0.05, 0) is 12.1 Å². The van der Waals surface area contributed by atoms with E-state index in [4.69, 9.17) is 16.3 Å². The lowest BCUT2D eigenvalue weighted by molar-refractivity contribution is -0.137. The van der Waals surface area contributed by atoms with Crippen molar-refractivity contribution in [1.29, 1.82) is 0 Å². The first-order valence-electron chi connectivity index (χ1n) is 4.43. The van der Waals surface area contributed by atoms with Crippen LogP contribution in [0.25, 0.3) is 0 Å². The first-order chi connectivity index (χ1) is 6.89. The molecule has 1 nitrogen and oxygen atoms in total. The Labute approximate surface area is 89.8 Å². The van der Waals surface area contributed by atoms with Gasteiger partial charge in [-0.3, -0.25) is 0 Å². The zero-order valence-electron chi connectivity index (χ0n) is 7.86. The van der Waals surface area contributed by atoms with Gasteiger partial charge in [0, 0.05) is 11.5 Å². The Morgan fingerprint density at radius 3 is 2.67 bits per heavy atom. The standard InChI is InChI=1S/C10H8ClF3O/c1-5-4-15-9-3-8(11)7(2-6(5)9)10(12,13)14/h2-3,5H,4H2,1H3. The van der Waals surface area contributed by atoms with Crippen LogP contribution in [-0.4, -0.2) is 6.61 Å². The van der Waals surface area contributed by atoms with Crippen LogP contribution in [0.5, 0.6) is 5.75 Å². The van der Waals surface area contributed by atoms with Crippen molar-refractivity contribution in [2.24, 2.45) is 0 Å². The SMILES string of the molecule is CC1COc2cc(Cl)c(C(F)(F)F)cc21. The summed E-state index contributed by atoms with van der Waals surface area (Å²) in [7, 11) is 0. The number of hydrogen-bond donors (Lipinski definition) is 0. The maximum atomic E-state index is 12.5. The predicted octanol–water partition coefficient (Wildman–Crippen LogP) is 3.85. The van der Waals surface area contributed by atoms with Gasteiger partial charge < -0.3 is 4.74 Å². The number of fused-ring (bicyclic) bond motifs is 1. The van der Waals surface area contributed by atoms with E-state index in [2.05, 4.69) is 0 Å². The summed E-state index contributed by atoms with van der Waals surface area (Å²) in [5, 5.41) is -0.310. The first-order valence-corrected chi connectivity index (χ1v) is 4.81. The maximum absolute atomic E-state index is 12.5. The molecule has 5 heteroatoms. The van der Waals surface area contributed by atoms with E-state index in [-0.39, 0.29) is 10.9 Å². The minimum Gasteiger partial charge on any atom is -0.493 e. The van der Waals surface area contributed by atoms with Crippen molar-refractivity contribution >= 4 is 11.6 Å². The Balaban J connectivity index is 2.55. The molecule has 0 aromatic heterocycles. The van der Waals surface area contributed by atoms with Crippen LogP contribution in [0.3, 0.4) is 0 Å². The van der Waals surface area contributed by atoms with Crippen LogP contribution in [0.1, 0.15) is 24.0 Å². The lowest BCUT2D eigenvalue weighted by atomic mass is 10.0. The van der Waals surface area contributed by atoms with Gasteiger partial charge in [-0.1, -0.05) is 18.5 Å². The highest BCUT2D eigenvalue weighted by Crippen LogP contribution is 2.42. The minimum atomic E-state index is -4.41. The van der Waals surface area contributed by atoms with Crippen LogP contribution >= 0.6 is 11.6 Å². The molecule has 1 aliphatic rings. The van der Waals surface area contributed by atoms with Crippen molar-refractivity contribution in [3.63, 3.8) is 0 Å². The van der Waals surface area contributed by atoms with Gasteiger partial charge in [0.2, 0.25) is 0 Å². The molecule has 0 radical (unpaired) electrons. The second-order valence-electron chi connectivity index (χ2n) is 3.58. The summed E-state index contributed by atoms with van der Waals surface area (Å²) in [6, 6.07) is 2.32. The number of hydrogen-bond acceptors (Lipinski definition) is 1. The summed E-state index contributed by atoms with van der Waals surface area (Å²) < 4.78 is 42.8. The fraction of sp³-hybridized carbons (Fsp3) is 0.400. The summed E-state index contributed by atoms with van der Waals surface area (Å²) in [4.78, 5) is 0. The van der Waals surface area contributed by atoms with E-state index < -0.39 is 11.7 Å². The molecule has 0 spiro atoms. The first kappa shape index (κ1) is 10.6. The third kappa shape index (κ3) is 1.78. The molecule has 1 heterocycles. The van der Waals surface area contributed by atoms with Crippen LogP contribution in [-0.2, 0) is 6.18 Å². The zero-order chi connectivity index (χ0) is 11.2. The summed E-state index contributed by atoms with van der Waals surface area (Å²) in [6.45, 7) is 2.23. The molecular formula is C10H8ClF3O. The van der Waals surface area contributed by atoms with E-state index in [1.54, 1.807) is 0 Å². The molecule has 0 saturated carbocycles. The molecule has 0 N–H and O–H groups in total. The summed E-state index contributed by atoms with van der Waals surface area (Å²) in [5.41, 5.74) is -0.216. The molecule has 0 fully saturated rings. The molecule has 15 heavy (non-hydrogen) atoms. The van der Waals surface area contributed by atoms with Crippen molar-refractivity contribution in [2.75, 3.05) is 6.61 Å². The average Bonchev–Trinajstić information content (AvgIpc) is 2.44. The largest absolute Gasteiger partial charge is 0.493 e. The fourth-order valence-electron chi connectivity index (χ4n) is 1.60. The van der Waals surface area contributed by atoms with Crippen molar-refractivity contribution in [1.82, 2.24) is 0 Å². The Morgan fingerprint density at radius 1 is 1.40 bits per heavy atom. The van der Waals surface area contributed by atoms with Crippen molar-refractivity contribution in [3.05, 3.63) is 28.3 Å². The van der Waals surface area contributed by atoms with Gasteiger partial charge in [0.15, 0.2) is 0 Å². The molecule has 2 rings (SSSR count). The Kier molecular flexibility index (Phi) is 2.34. The van der Waals surface area contributed by atoms with Crippen LogP contribution in [0, 0.1) is 0 Å². The second-order valence-corrected chi connectivity index (χ2v) is 3.99. The highest BCUT2D eigenvalue weighted by molar-refractivity contribution is 6.31. The quantitative estimate of drug-likeness (QED) is 0.665. The third-order valence-corrected chi connectivity index (χ3v) is 2.74. The van der Waals surface area contributed by atoms with Crippen LogP contribution in [0.2, 0.25) is 5.02 Å². The van der Waals surface area contributed by atoms with E-state index in [0.717, 1.165) is 6.07 Å². The number of benzene rings is 1. The van der Waals surface area contributed by atoms with Crippen LogP contribution < -0.4 is 4.74 Å². The molecule has 0 saturated heterocycles. The van der Waals surface area contributed by atoms with Gasteiger partial charge in [0.1, 0.15) is 5.75 Å². The van der Waals surface area contributed by atoms with E-state index >= 15 is 0 Å². The van der Waals surface area contributed by atoms with Crippen molar-refractivity contribution in [3.8, 4) is 5.75 Å². The molecule has 1 aliphatic heterocycles. The fourth-order valence-corrected chi connectivity index (χ4v) is 1.86. The predicted molar refractivity (Wildman–Crippen MR) is 50.4 cm³/mol. The van der Waals surface area contributed by atoms with Gasteiger partial charge in [-0.2, -0.15) is 13.2 Å². The third-order valence-electron chi connectivity index (χ3n) is 2.42. The lowest BCUT2D eigenvalue weighted by Crippen LogP contribution is -2.06. The molecule has 82 valence electrons. The van der Waals surface area contributed by atoms with Crippen molar-refractivity contribution < 1.29 is 17.9 Å². The molecule has 1 aromatic rings. The smallest absolute Gasteiger partial charge is 0.417 e. The molecule has 1 aromatic carbocycles. The number of ether oxygens (including phenoxy) is 1. The average molecular weight is 237 g/mol. The molecule has 1 atom stereocenters. The molecule has 1 unspecified atom stereocenters. The molecular weight excluding hydrogens is 229 g/mol. The Bertz CT molecular complexity index is 400. The van der Waals surface area contributed by atoms with Gasteiger partial charge in [0.05, 0.1) is 17.2 Å². The Hall–Kier alpha value is -0.900. The summed E-state index contributed by atoms with van der Waals surface area (Å²) in [6.07, 6.45) is -4.41. The van der Waals surface area contributed by atoms with Gasteiger partial charge in [-0.25, -0.2) is 0 Å². The molecule has 0 aliphatic carbocycles. The molecule has 0 amide bonds. The number of alkyl halides is 3. The summed E-state index contributed by atoms with van der Waals surface area (Å²) >= 11 is 5.54. The van der Waals surface area contributed by atoms with E-state index in [9.17, 15) is 13.2 Å². The normalized spacial score (nSPS) is 19.9.